The molecule has 2 saturated heterocycles. The Bertz CT molecular complexity index is 1610. The van der Waals surface area contributed by atoms with Crippen LogP contribution in [0, 0.1) is 28.1 Å². The van der Waals surface area contributed by atoms with Crippen LogP contribution in [0.15, 0.2) is 35.2 Å². The number of carbonyl (C=O) groups is 6. The third-order valence-corrected chi connectivity index (χ3v) is 11.4. The van der Waals surface area contributed by atoms with Crippen LogP contribution < -0.4 is 0 Å². The van der Waals surface area contributed by atoms with Crippen LogP contribution in [0.1, 0.15) is 74.0 Å². The van der Waals surface area contributed by atoms with Gasteiger partial charge in [0.1, 0.15) is 35.6 Å². The summed E-state index contributed by atoms with van der Waals surface area (Å²) in [6.07, 6.45) is -2.21. The Morgan fingerprint density at radius 3 is 1.79 bits per heavy atom. The molecule has 4 heterocycles. The van der Waals surface area contributed by atoms with Gasteiger partial charge < -0.3 is 37.6 Å². The van der Waals surface area contributed by atoms with Crippen LogP contribution in [0.4, 0.5) is 0 Å². The standard InChI is InChI=1S/C34H40O14/c1-15(35)42-21-23-30(5,6)47-20(39)10-12-31(23,7)24-22(43-16(2)36)27(45-18(4)38)33(9)25(19-11-13-41-14-19)46-29(40)28-34(33,48-28)32(24,8)26(21)44-17(3)37/h10-14,21-28H,1-9H3/t21-,22+,23+,24-,25+,26-,27-,28-,31+,32+,33-,34+/m1/s1. The summed E-state index contributed by atoms with van der Waals surface area (Å²) in [6.45, 7) is 13.3. The first-order chi connectivity index (χ1) is 22.3. The molecule has 1 aromatic heterocycles. The normalized spacial score (nSPS) is 43.4. The van der Waals surface area contributed by atoms with E-state index in [1.807, 2.05) is 0 Å². The molecule has 0 N–H and O–H groups in total. The Morgan fingerprint density at radius 2 is 1.27 bits per heavy atom. The van der Waals surface area contributed by atoms with E-state index in [-0.39, 0.29) is 0 Å². The minimum Gasteiger partial charge on any atom is -0.472 e. The lowest BCUT2D eigenvalue weighted by atomic mass is 9.35. The van der Waals surface area contributed by atoms with Crippen LogP contribution in [0.2, 0.25) is 0 Å². The highest BCUT2D eigenvalue weighted by Crippen LogP contribution is 2.80. The number of furan rings is 1. The molecule has 12 atom stereocenters. The second-order valence-corrected chi connectivity index (χ2v) is 14.6. The van der Waals surface area contributed by atoms with E-state index in [4.69, 9.17) is 37.6 Å². The van der Waals surface area contributed by atoms with Gasteiger partial charge >= 0.3 is 35.8 Å². The fraction of sp³-hybridized carbons (Fsp3) is 0.647. The fourth-order valence-electron chi connectivity index (χ4n) is 10.3. The van der Waals surface area contributed by atoms with Crippen molar-refractivity contribution in [3.8, 4) is 0 Å². The molecule has 2 saturated carbocycles. The number of hydrogen-bond acceptors (Lipinski definition) is 14. The van der Waals surface area contributed by atoms with Gasteiger partial charge in [-0.25, -0.2) is 9.59 Å². The summed E-state index contributed by atoms with van der Waals surface area (Å²) in [5.41, 5.74) is -7.12. The van der Waals surface area contributed by atoms with Crippen LogP contribution in [0.3, 0.4) is 0 Å². The van der Waals surface area contributed by atoms with Crippen LogP contribution in [-0.2, 0) is 61.9 Å². The maximum absolute atomic E-state index is 13.8. The zero-order valence-electron chi connectivity index (χ0n) is 28.2. The highest BCUT2D eigenvalue weighted by Gasteiger charge is 2.94. The molecule has 5 aliphatic rings. The summed E-state index contributed by atoms with van der Waals surface area (Å²) < 4.78 is 48.4. The van der Waals surface area contributed by atoms with Crippen molar-refractivity contribution in [3.05, 3.63) is 36.3 Å². The first-order valence-corrected chi connectivity index (χ1v) is 15.8. The second-order valence-electron chi connectivity index (χ2n) is 14.6. The average Bonchev–Trinajstić information content (AvgIpc) is 3.55. The molecule has 6 rings (SSSR count). The predicted octanol–water partition coefficient (Wildman–Crippen LogP) is 2.91. The Morgan fingerprint density at radius 1 is 0.729 bits per heavy atom. The number of allylic oxidation sites excluding steroid dienone is 1. The number of esters is 6. The van der Waals surface area contributed by atoms with Gasteiger partial charge in [0, 0.05) is 62.0 Å². The molecule has 1 aromatic rings. The van der Waals surface area contributed by atoms with E-state index in [2.05, 4.69) is 0 Å². The molecule has 0 amide bonds. The third kappa shape index (κ3) is 4.33. The molecule has 0 aromatic carbocycles. The summed E-state index contributed by atoms with van der Waals surface area (Å²) in [4.78, 5) is 79.0. The lowest BCUT2D eigenvalue weighted by Gasteiger charge is -2.70. The van der Waals surface area contributed by atoms with E-state index >= 15 is 0 Å². The van der Waals surface area contributed by atoms with Crippen LogP contribution in [-0.4, -0.2) is 77.5 Å². The summed E-state index contributed by atoms with van der Waals surface area (Å²) in [5, 5.41) is 0. The van der Waals surface area contributed by atoms with Crippen molar-refractivity contribution < 1.29 is 66.3 Å². The van der Waals surface area contributed by atoms with Gasteiger partial charge in [-0.1, -0.05) is 19.9 Å². The largest absolute Gasteiger partial charge is 0.472 e. The van der Waals surface area contributed by atoms with Crippen molar-refractivity contribution in [3.63, 3.8) is 0 Å². The van der Waals surface area contributed by atoms with Crippen molar-refractivity contribution in [2.75, 3.05) is 0 Å². The SMILES string of the molecule is CC(=O)O[C@@H]1[C@@H](OC(C)=O)[C@@]2(C)[C@H](c3ccoc3)OC(=O)[C@H]3O[C@]32[C@]2(C)[C@H](OC(C)=O)[C@H](OC(C)=O)[C@H]3C(C)(C)OC(=O)C=C[C@]3(C)[C@@H]12. The molecule has 14 heteroatoms. The van der Waals surface area contributed by atoms with E-state index in [1.54, 1.807) is 46.8 Å². The lowest BCUT2D eigenvalue weighted by molar-refractivity contribution is -0.334. The third-order valence-electron chi connectivity index (χ3n) is 11.4. The first kappa shape index (κ1) is 33.7. The van der Waals surface area contributed by atoms with Gasteiger partial charge in [-0.2, -0.15) is 0 Å². The number of rotatable bonds is 5. The minimum absolute atomic E-state index is 0.398. The van der Waals surface area contributed by atoms with Gasteiger partial charge in [0.2, 0.25) is 0 Å². The monoisotopic (exact) mass is 672 g/mol. The van der Waals surface area contributed by atoms with Crippen molar-refractivity contribution in [2.45, 2.75) is 110 Å². The number of fused-ring (bicyclic) bond motifs is 3. The Labute approximate surface area is 276 Å². The molecule has 2 aliphatic carbocycles. The highest BCUT2D eigenvalue weighted by molar-refractivity contribution is 5.84. The molecule has 1 spiro atoms. The number of hydrogen-bond donors (Lipinski definition) is 0. The van der Waals surface area contributed by atoms with E-state index < -0.39 is 112 Å². The lowest BCUT2D eigenvalue weighted by Crippen LogP contribution is -2.82. The van der Waals surface area contributed by atoms with Gasteiger partial charge in [-0.15, -0.1) is 0 Å². The van der Waals surface area contributed by atoms with Crippen molar-refractivity contribution in [1.29, 1.82) is 0 Å². The van der Waals surface area contributed by atoms with Crippen LogP contribution >= 0.6 is 0 Å². The molecule has 0 radical (unpaired) electrons. The molecular formula is C34H40O14. The summed E-state index contributed by atoms with van der Waals surface area (Å²) >= 11 is 0. The fourth-order valence-corrected chi connectivity index (χ4v) is 10.3. The first-order valence-electron chi connectivity index (χ1n) is 15.8. The molecule has 0 bridgehead atoms. The van der Waals surface area contributed by atoms with Gasteiger partial charge in [-0.05, 0) is 26.8 Å². The molecule has 260 valence electrons. The van der Waals surface area contributed by atoms with Gasteiger partial charge in [0.05, 0.1) is 17.9 Å². The average molecular weight is 673 g/mol. The summed E-state index contributed by atoms with van der Waals surface area (Å²) in [7, 11) is 0. The molecule has 48 heavy (non-hydrogen) atoms. The molecule has 3 aliphatic heterocycles. The maximum Gasteiger partial charge on any atom is 0.339 e. The second kappa shape index (κ2) is 10.6. The molecular weight excluding hydrogens is 632 g/mol. The summed E-state index contributed by atoms with van der Waals surface area (Å²) in [6, 6.07) is 1.59. The molecule has 14 nitrogen and oxygen atoms in total. The van der Waals surface area contributed by atoms with Crippen LogP contribution in [0.25, 0.3) is 0 Å². The van der Waals surface area contributed by atoms with Gasteiger partial charge in [0.25, 0.3) is 0 Å². The number of cyclic esters (lactones) is 2. The zero-order valence-corrected chi connectivity index (χ0v) is 28.2. The smallest absolute Gasteiger partial charge is 0.339 e. The maximum atomic E-state index is 13.8. The Kier molecular flexibility index (Phi) is 7.47. The minimum atomic E-state index is -1.67. The van der Waals surface area contributed by atoms with Crippen molar-refractivity contribution >= 4 is 35.8 Å². The summed E-state index contributed by atoms with van der Waals surface area (Å²) in [5.74, 6) is -6.33. The van der Waals surface area contributed by atoms with E-state index in [9.17, 15) is 28.8 Å². The topological polar surface area (TPSA) is 183 Å². The number of epoxide rings is 1. The zero-order chi connectivity index (χ0) is 35.4. The highest BCUT2D eigenvalue weighted by atomic mass is 16.7. The Hall–Kier alpha value is -4.20. The number of ether oxygens (including phenoxy) is 7. The van der Waals surface area contributed by atoms with E-state index in [0.717, 1.165) is 0 Å². The van der Waals surface area contributed by atoms with Gasteiger partial charge in [-0.3, -0.25) is 19.2 Å². The van der Waals surface area contributed by atoms with Crippen molar-refractivity contribution in [2.24, 2.45) is 28.1 Å². The molecule has 4 fully saturated rings. The van der Waals surface area contributed by atoms with Gasteiger partial charge in [0.15, 0.2) is 12.2 Å². The van der Waals surface area contributed by atoms with Crippen LogP contribution in [0.5, 0.6) is 0 Å². The predicted molar refractivity (Wildman–Crippen MR) is 158 cm³/mol. The number of carbonyl (C=O) groups excluding carboxylic acids is 6. The van der Waals surface area contributed by atoms with E-state index in [1.165, 1.54) is 46.3 Å². The molecule has 0 unspecified atom stereocenters. The van der Waals surface area contributed by atoms with E-state index in [0.29, 0.717) is 5.56 Å². The van der Waals surface area contributed by atoms with Crippen molar-refractivity contribution in [1.82, 2.24) is 0 Å². The quantitative estimate of drug-likeness (QED) is 0.253. The Balaban J connectivity index is 1.76.